The zero-order valence-electron chi connectivity index (χ0n) is 7.83. The fourth-order valence-electron chi connectivity index (χ4n) is 3.03. The van der Waals surface area contributed by atoms with Gasteiger partial charge in [0.1, 0.15) is 0 Å². The van der Waals surface area contributed by atoms with E-state index in [1.807, 2.05) is 0 Å². The van der Waals surface area contributed by atoms with Crippen molar-refractivity contribution in [1.29, 1.82) is 0 Å². The predicted molar refractivity (Wildman–Crippen MR) is 55.3 cm³/mol. The second kappa shape index (κ2) is 3.59. The SMILES string of the molecule is CC1CC2CCC(SCCN)C12. The fraction of sp³-hybridized carbons (Fsp3) is 1.00. The fourth-order valence-corrected chi connectivity index (χ4v) is 4.48. The van der Waals surface area contributed by atoms with Crippen LogP contribution in [0.1, 0.15) is 26.2 Å². The van der Waals surface area contributed by atoms with Crippen molar-refractivity contribution in [3.8, 4) is 0 Å². The summed E-state index contributed by atoms with van der Waals surface area (Å²) in [6.07, 6.45) is 4.46. The molecular formula is C10H19NS. The van der Waals surface area contributed by atoms with Crippen LogP contribution in [0.5, 0.6) is 0 Å². The molecule has 4 unspecified atom stereocenters. The van der Waals surface area contributed by atoms with E-state index in [-0.39, 0.29) is 0 Å². The Hall–Kier alpha value is 0.310. The molecule has 1 nitrogen and oxygen atoms in total. The summed E-state index contributed by atoms with van der Waals surface area (Å²) < 4.78 is 0. The molecule has 2 saturated carbocycles. The van der Waals surface area contributed by atoms with Crippen molar-refractivity contribution in [2.45, 2.75) is 31.4 Å². The summed E-state index contributed by atoms with van der Waals surface area (Å²) >= 11 is 2.13. The van der Waals surface area contributed by atoms with Crippen LogP contribution in [-0.4, -0.2) is 17.5 Å². The maximum absolute atomic E-state index is 5.52. The molecule has 2 aliphatic rings. The molecule has 0 aromatic heterocycles. The van der Waals surface area contributed by atoms with Crippen LogP contribution in [0.4, 0.5) is 0 Å². The van der Waals surface area contributed by atoms with Crippen LogP contribution >= 0.6 is 11.8 Å². The van der Waals surface area contributed by atoms with Crippen molar-refractivity contribution in [3.63, 3.8) is 0 Å². The third-order valence-electron chi connectivity index (χ3n) is 3.58. The Balaban J connectivity index is 1.83. The molecule has 0 aromatic rings. The molecule has 0 saturated heterocycles. The maximum Gasteiger partial charge on any atom is 0.00810 e. The van der Waals surface area contributed by atoms with Crippen molar-refractivity contribution in [2.24, 2.45) is 23.5 Å². The van der Waals surface area contributed by atoms with Gasteiger partial charge in [0.25, 0.3) is 0 Å². The minimum Gasteiger partial charge on any atom is -0.330 e. The number of thioether (sulfide) groups is 1. The Kier molecular flexibility index (Phi) is 2.66. The summed E-state index contributed by atoms with van der Waals surface area (Å²) in [6, 6.07) is 0. The Labute approximate surface area is 79.5 Å². The van der Waals surface area contributed by atoms with E-state index in [0.29, 0.717) is 0 Å². The van der Waals surface area contributed by atoms with Gasteiger partial charge < -0.3 is 5.73 Å². The van der Waals surface area contributed by atoms with Crippen molar-refractivity contribution in [1.82, 2.24) is 0 Å². The summed E-state index contributed by atoms with van der Waals surface area (Å²) in [4.78, 5) is 0. The quantitative estimate of drug-likeness (QED) is 0.729. The molecule has 0 spiro atoms. The van der Waals surface area contributed by atoms with Crippen LogP contribution in [0.25, 0.3) is 0 Å². The second-order valence-electron chi connectivity index (χ2n) is 4.33. The third kappa shape index (κ3) is 1.39. The molecule has 2 heteroatoms. The van der Waals surface area contributed by atoms with Gasteiger partial charge in [0.15, 0.2) is 0 Å². The molecule has 0 aromatic carbocycles. The highest BCUT2D eigenvalue weighted by Gasteiger charge is 2.46. The van der Waals surface area contributed by atoms with Gasteiger partial charge in [-0.15, -0.1) is 0 Å². The maximum atomic E-state index is 5.52. The van der Waals surface area contributed by atoms with E-state index in [9.17, 15) is 0 Å². The van der Waals surface area contributed by atoms with Crippen molar-refractivity contribution < 1.29 is 0 Å². The molecule has 2 N–H and O–H groups in total. The monoisotopic (exact) mass is 185 g/mol. The number of hydrogen-bond donors (Lipinski definition) is 1. The standard InChI is InChI=1S/C10H19NS/c1-7-6-8-2-3-9(10(7)8)12-5-4-11/h7-10H,2-6,11H2,1H3. The van der Waals surface area contributed by atoms with E-state index in [1.54, 1.807) is 0 Å². The molecule has 4 atom stereocenters. The van der Waals surface area contributed by atoms with E-state index in [4.69, 9.17) is 5.73 Å². The van der Waals surface area contributed by atoms with Crippen LogP contribution in [0.2, 0.25) is 0 Å². The van der Waals surface area contributed by atoms with Gasteiger partial charge in [-0.25, -0.2) is 0 Å². The van der Waals surface area contributed by atoms with E-state index in [0.717, 1.165) is 29.5 Å². The lowest BCUT2D eigenvalue weighted by atomic mass is 9.68. The Morgan fingerprint density at radius 1 is 1.42 bits per heavy atom. The molecule has 2 aliphatic carbocycles. The van der Waals surface area contributed by atoms with Gasteiger partial charge in [-0.05, 0) is 37.0 Å². The molecule has 12 heavy (non-hydrogen) atoms. The summed E-state index contributed by atoms with van der Waals surface area (Å²) in [6.45, 7) is 3.27. The van der Waals surface area contributed by atoms with Crippen LogP contribution in [0, 0.1) is 17.8 Å². The largest absolute Gasteiger partial charge is 0.330 e. The van der Waals surface area contributed by atoms with Crippen LogP contribution < -0.4 is 5.73 Å². The molecule has 0 bridgehead atoms. The Bertz CT molecular complexity index is 160. The zero-order chi connectivity index (χ0) is 8.55. The highest BCUT2D eigenvalue weighted by atomic mass is 32.2. The van der Waals surface area contributed by atoms with Crippen molar-refractivity contribution in [2.75, 3.05) is 12.3 Å². The Morgan fingerprint density at radius 3 is 2.92 bits per heavy atom. The predicted octanol–water partition coefficient (Wildman–Crippen LogP) is 2.11. The number of hydrogen-bond acceptors (Lipinski definition) is 2. The van der Waals surface area contributed by atoms with Gasteiger partial charge >= 0.3 is 0 Å². The smallest absolute Gasteiger partial charge is 0.00810 e. The average molecular weight is 185 g/mol. The van der Waals surface area contributed by atoms with Crippen molar-refractivity contribution >= 4 is 11.8 Å². The minimum atomic E-state index is 0.854. The van der Waals surface area contributed by atoms with Crippen LogP contribution in [0.3, 0.4) is 0 Å². The van der Waals surface area contributed by atoms with Gasteiger partial charge in [-0.3, -0.25) is 0 Å². The van der Waals surface area contributed by atoms with Gasteiger partial charge in [0, 0.05) is 17.5 Å². The zero-order valence-corrected chi connectivity index (χ0v) is 8.65. The molecule has 0 heterocycles. The summed E-state index contributed by atoms with van der Waals surface area (Å²) in [5.74, 6) is 4.32. The minimum absolute atomic E-state index is 0.854. The molecule has 0 radical (unpaired) electrons. The lowest BCUT2D eigenvalue weighted by Gasteiger charge is -2.41. The first kappa shape index (κ1) is 8.89. The lowest BCUT2D eigenvalue weighted by molar-refractivity contribution is 0.124. The van der Waals surface area contributed by atoms with Crippen molar-refractivity contribution in [3.05, 3.63) is 0 Å². The Morgan fingerprint density at radius 2 is 2.25 bits per heavy atom. The lowest BCUT2D eigenvalue weighted by Crippen LogP contribution is -2.35. The van der Waals surface area contributed by atoms with Crippen LogP contribution in [0.15, 0.2) is 0 Å². The van der Waals surface area contributed by atoms with E-state index in [1.165, 1.54) is 25.0 Å². The van der Waals surface area contributed by atoms with Crippen LogP contribution in [-0.2, 0) is 0 Å². The summed E-state index contributed by atoms with van der Waals surface area (Å²) in [5.41, 5.74) is 5.52. The third-order valence-corrected chi connectivity index (χ3v) is 5.03. The molecule has 2 rings (SSSR count). The molecule has 70 valence electrons. The number of rotatable bonds is 3. The first-order valence-electron chi connectivity index (χ1n) is 5.14. The topological polar surface area (TPSA) is 26.0 Å². The van der Waals surface area contributed by atoms with Gasteiger partial charge in [0.05, 0.1) is 0 Å². The second-order valence-corrected chi connectivity index (χ2v) is 5.67. The normalized spacial score (nSPS) is 45.5. The van der Waals surface area contributed by atoms with E-state index < -0.39 is 0 Å². The average Bonchev–Trinajstić information content (AvgIpc) is 2.37. The van der Waals surface area contributed by atoms with E-state index >= 15 is 0 Å². The number of nitrogens with two attached hydrogens (primary N) is 1. The van der Waals surface area contributed by atoms with Gasteiger partial charge in [-0.1, -0.05) is 6.92 Å². The first-order valence-corrected chi connectivity index (χ1v) is 6.19. The molecular weight excluding hydrogens is 166 g/mol. The highest BCUT2D eigenvalue weighted by Crippen LogP contribution is 2.54. The summed E-state index contributed by atoms with van der Waals surface area (Å²) in [7, 11) is 0. The molecule has 2 fully saturated rings. The highest BCUT2D eigenvalue weighted by molar-refractivity contribution is 7.99. The number of fused-ring (bicyclic) bond motifs is 1. The summed E-state index contributed by atoms with van der Waals surface area (Å²) in [5, 5.41) is 0.960. The van der Waals surface area contributed by atoms with Gasteiger partial charge in [0.2, 0.25) is 0 Å². The molecule has 0 aliphatic heterocycles. The first-order chi connectivity index (χ1) is 5.83. The molecule has 0 amide bonds. The van der Waals surface area contributed by atoms with E-state index in [2.05, 4.69) is 18.7 Å². The van der Waals surface area contributed by atoms with Gasteiger partial charge in [-0.2, -0.15) is 11.8 Å².